The van der Waals surface area contributed by atoms with Crippen LogP contribution in [0.4, 0.5) is 11.4 Å². The fourth-order valence-electron chi connectivity index (χ4n) is 3.11. The predicted octanol–water partition coefficient (Wildman–Crippen LogP) is 5.42. The molecule has 1 N–H and O–H groups in total. The average molecular weight is 444 g/mol. The Kier molecular flexibility index (Phi) is 5.54. The highest BCUT2D eigenvalue weighted by Crippen LogP contribution is 2.28. The van der Waals surface area contributed by atoms with Gasteiger partial charge in [0, 0.05) is 34.8 Å². The van der Waals surface area contributed by atoms with Crippen molar-refractivity contribution in [1.82, 2.24) is 4.98 Å². The number of hydrogen-bond acceptors (Lipinski definition) is 8. The van der Waals surface area contributed by atoms with E-state index in [1.807, 2.05) is 32.0 Å². The molecular weight excluding hydrogens is 428 g/mol. The molecule has 2 aromatic carbocycles. The number of nitrogens with zero attached hydrogens (tertiary/aromatic N) is 3. The van der Waals surface area contributed by atoms with Crippen molar-refractivity contribution in [3.63, 3.8) is 0 Å². The zero-order valence-electron chi connectivity index (χ0n) is 17.1. The molecule has 0 saturated carbocycles. The summed E-state index contributed by atoms with van der Waals surface area (Å²) < 4.78 is 5.30. The molecule has 4 aromatic rings. The molecule has 32 heavy (non-hydrogen) atoms. The summed E-state index contributed by atoms with van der Waals surface area (Å²) in [5, 5.41) is 26.3. The van der Waals surface area contributed by atoms with Crippen LogP contribution < -0.4 is 10.9 Å². The SMILES string of the molecule is Cc1ccc(C)c(NC=C(C#N)c2nc(-c3cc4cc([N+](=O)[O-])ccc4oc3=O)cs2)c1. The molecule has 0 saturated heterocycles. The van der Waals surface area contributed by atoms with Crippen molar-refractivity contribution in [3.8, 4) is 17.3 Å². The number of nitro groups is 1. The average Bonchev–Trinajstić information content (AvgIpc) is 3.25. The van der Waals surface area contributed by atoms with Crippen molar-refractivity contribution < 1.29 is 9.34 Å². The molecule has 0 radical (unpaired) electrons. The van der Waals surface area contributed by atoms with Crippen LogP contribution in [0.2, 0.25) is 0 Å². The minimum Gasteiger partial charge on any atom is -0.422 e. The maximum Gasteiger partial charge on any atom is 0.345 e. The summed E-state index contributed by atoms with van der Waals surface area (Å²) >= 11 is 1.21. The Balaban J connectivity index is 1.69. The Morgan fingerprint density at radius 3 is 2.81 bits per heavy atom. The summed E-state index contributed by atoms with van der Waals surface area (Å²) in [6.07, 6.45) is 1.58. The number of benzene rings is 2. The number of nitro benzene ring substituents is 1. The minimum absolute atomic E-state index is 0.108. The smallest absolute Gasteiger partial charge is 0.345 e. The number of aromatic nitrogens is 1. The number of nitriles is 1. The Morgan fingerprint density at radius 1 is 1.25 bits per heavy atom. The van der Waals surface area contributed by atoms with E-state index in [4.69, 9.17) is 4.42 Å². The fourth-order valence-corrected chi connectivity index (χ4v) is 3.89. The third kappa shape index (κ3) is 4.12. The summed E-state index contributed by atoms with van der Waals surface area (Å²) in [5.41, 5.74) is 3.34. The molecule has 0 aliphatic rings. The minimum atomic E-state index is -0.612. The van der Waals surface area contributed by atoms with E-state index in [9.17, 15) is 20.2 Å². The molecule has 2 heterocycles. The lowest BCUT2D eigenvalue weighted by molar-refractivity contribution is -0.384. The number of hydrogen-bond donors (Lipinski definition) is 1. The summed E-state index contributed by atoms with van der Waals surface area (Å²) in [6, 6.07) is 13.6. The van der Waals surface area contributed by atoms with Crippen LogP contribution >= 0.6 is 11.3 Å². The Hall–Kier alpha value is -4.29. The van der Waals surface area contributed by atoms with Crippen molar-refractivity contribution >= 4 is 39.3 Å². The van der Waals surface area contributed by atoms with Crippen LogP contribution in [0.25, 0.3) is 27.8 Å². The topological polar surface area (TPSA) is 122 Å². The summed E-state index contributed by atoms with van der Waals surface area (Å²) in [6.45, 7) is 3.95. The second-order valence-corrected chi connectivity index (χ2v) is 7.96. The zero-order valence-corrected chi connectivity index (χ0v) is 17.9. The van der Waals surface area contributed by atoms with Crippen molar-refractivity contribution in [2.24, 2.45) is 0 Å². The van der Waals surface area contributed by atoms with Gasteiger partial charge in [-0.15, -0.1) is 11.3 Å². The molecule has 9 heteroatoms. The van der Waals surface area contributed by atoms with Crippen molar-refractivity contribution in [2.75, 3.05) is 5.32 Å². The van der Waals surface area contributed by atoms with Crippen LogP contribution in [0.3, 0.4) is 0 Å². The molecule has 0 atom stereocenters. The third-order valence-corrected chi connectivity index (χ3v) is 5.70. The number of aryl methyl sites for hydroxylation is 2. The lowest BCUT2D eigenvalue weighted by Gasteiger charge is -2.06. The van der Waals surface area contributed by atoms with E-state index in [-0.39, 0.29) is 16.8 Å². The fraction of sp³-hybridized carbons (Fsp3) is 0.0870. The van der Waals surface area contributed by atoms with Crippen LogP contribution in [0, 0.1) is 35.3 Å². The van der Waals surface area contributed by atoms with Crippen LogP contribution in [0.1, 0.15) is 16.1 Å². The first kappa shape index (κ1) is 21.0. The Labute approximate surface area is 186 Å². The number of rotatable bonds is 5. The maximum absolute atomic E-state index is 12.5. The predicted molar refractivity (Wildman–Crippen MR) is 123 cm³/mol. The van der Waals surface area contributed by atoms with Crippen LogP contribution in [-0.4, -0.2) is 9.91 Å². The van der Waals surface area contributed by atoms with Gasteiger partial charge in [-0.3, -0.25) is 10.1 Å². The molecule has 0 aliphatic carbocycles. The Bertz CT molecular complexity index is 1490. The normalized spacial score (nSPS) is 11.3. The molecule has 0 spiro atoms. The van der Waals surface area contributed by atoms with Gasteiger partial charge in [-0.05, 0) is 43.2 Å². The first-order chi connectivity index (χ1) is 15.4. The highest BCUT2D eigenvalue weighted by Gasteiger charge is 2.15. The van der Waals surface area contributed by atoms with Gasteiger partial charge in [0.25, 0.3) is 5.69 Å². The highest BCUT2D eigenvalue weighted by atomic mass is 32.1. The first-order valence-corrected chi connectivity index (χ1v) is 10.4. The number of allylic oxidation sites excluding steroid dienone is 1. The quantitative estimate of drug-likeness (QED) is 0.189. The molecule has 2 aromatic heterocycles. The molecule has 0 unspecified atom stereocenters. The highest BCUT2D eigenvalue weighted by molar-refractivity contribution is 7.11. The van der Waals surface area contributed by atoms with E-state index in [0.717, 1.165) is 16.8 Å². The van der Waals surface area contributed by atoms with Crippen molar-refractivity contribution in [1.29, 1.82) is 5.26 Å². The second-order valence-electron chi connectivity index (χ2n) is 7.10. The lowest BCUT2D eigenvalue weighted by atomic mass is 10.1. The van der Waals surface area contributed by atoms with E-state index < -0.39 is 10.5 Å². The molecule has 8 nitrogen and oxygen atoms in total. The number of anilines is 1. The van der Waals surface area contributed by atoms with E-state index in [2.05, 4.69) is 16.4 Å². The Morgan fingerprint density at radius 2 is 2.06 bits per heavy atom. The molecule has 0 fully saturated rings. The van der Waals surface area contributed by atoms with Gasteiger partial charge in [0.15, 0.2) is 0 Å². The van der Waals surface area contributed by atoms with Crippen LogP contribution in [0.15, 0.2) is 63.3 Å². The monoisotopic (exact) mass is 444 g/mol. The van der Waals surface area contributed by atoms with Gasteiger partial charge in [-0.1, -0.05) is 12.1 Å². The number of thiazole rings is 1. The van der Waals surface area contributed by atoms with Gasteiger partial charge in [0.05, 0.1) is 16.2 Å². The summed E-state index contributed by atoms with van der Waals surface area (Å²) in [7, 11) is 0. The molecular formula is C23H16N4O4S. The van der Waals surface area contributed by atoms with Crippen LogP contribution in [-0.2, 0) is 0 Å². The van der Waals surface area contributed by atoms with Gasteiger partial charge < -0.3 is 9.73 Å². The zero-order chi connectivity index (χ0) is 22.8. The lowest BCUT2D eigenvalue weighted by Crippen LogP contribution is -2.03. The van der Waals surface area contributed by atoms with Crippen LogP contribution in [0.5, 0.6) is 0 Å². The maximum atomic E-state index is 12.5. The standard InChI is InChI=1S/C23H16N4O4S/c1-13-3-4-14(2)19(7-13)25-11-16(10-24)22-26-20(12-32-22)18-9-15-8-17(27(29)30)5-6-21(15)31-23(18)28/h3-9,11-12,25H,1-2H3. The van der Waals surface area contributed by atoms with E-state index >= 15 is 0 Å². The summed E-state index contributed by atoms with van der Waals surface area (Å²) in [4.78, 5) is 27.4. The van der Waals surface area contributed by atoms with E-state index in [1.165, 1.54) is 35.6 Å². The molecule has 0 bridgehead atoms. The molecule has 0 amide bonds. The van der Waals surface area contributed by atoms with Gasteiger partial charge in [-0.2, -0.15) is 5.26 Å². The molecule has 0 aliphatic heterocycles. The van der Waals surface area contributed by atoms with Crippen molar-refractivity contribution in [3.05, 3.63) is 90.7 Å². The largest absolute Gasteiger partial charge is 0.422 e. The third-order valence-electron chi connectivity index (χ3n) is 4.82. The summed E-state index contributed by atoms with van der Waals surface area (Å²) in [5.74, 6) is 0. The first-order valence-electron chi connectivity index (χ1n) is 9.48. The van der Waals surface area contributed by atoms with Gasteiger partial charge >= 0.3 is 5.63 Å². The van der Waals surface area contributed by atoms with E-state index in [0.29, 0.717) is 21.7 Å². The number of fused-ring (bicyclic) bond motifs is 1. The van der Waals surface area contributed by atoms with E-state index in [1.54, 1.807) is 11.6 Å². The molecule has 158 valence electrons. The van der Waals surface area contributed by atoms with Crippen molar-refractivity contribution in [2.45, 2.75) is 13.8 Å². The van der Waals surface area contributed by atoms with Gasteiger partial charge in [0.2, 0.25) is 0 Å². The van der Waals surface area contributed by atoms with Gasteiger partial charge in [0.1, 0.15) is 22.2 Å². The van der Waals surface area contributed by atoms with Gasteiger partial charge in [-0.25, -0.2) is 9.78 Å². The number of non-ortho nitro benzene ring substituents is 1. The molecule has 4 rings (SSSR count). The second kappa shape index (κ2) is 8.45. The number of nitrogens with one attached hydrogen (secondary N) is 1.